The molecule has 1 aliphatic rings. The van der Waals surface area contributed by atoms with E-state index in [1.165, 1.54) is 11.3 Å². The van der Waals surface area contributed by atoms with Crippen molar-refractivity contribution >= 4 is 22.5 Å². The lowest BCUT2D eigenvalue weighted by Gasteiger charge is -2.30. The van der Waals surface area contributed by atoms with Crippen LogP contribution in [0.25, 0.3) is 11.3 Å². The van der Waals surface area contributed by atoms with Crippen molar-refractivity contribution in [1.82, 2.24) is 15.3 Å². The summed E-state index contributed by atoms with van der Waals surface area (Å²) < 4.78 is 0. The third-order valence-electron chi connectivity index (χ3n) is 4.14. The first-order chi connectivity index (χ1) is 11.3. The number of thiazole rings is 1. The van der Waals surface area contributed by atoms with Gasteiger partial charge in [-0.15, -0.1) is 11.3 Å². The Morgan fingerprint density at radius 3 is 3.04 bits per heavy atom. The van der Waals surface area contributed by atoms with Crippen molar-refractivity contribution in [1.29, 1.82) is 0 Å². The second-order valence-corrected chi connectivity index (χ2v) is 6.57. The Morgan fingerprint density at radius 1 is 1.39 bits per heavy atom. The van der Waals surface area contributed by atoms with Gasteiger partial charge in [-0.3, -0.25) is 10.3 Å². The number of aromatic nitrogens is 2. The number of urea groups is 1. The summed E-state index contributed by atoms with van der Waals surface area (Å²) in [5.74, 6) is 0.150. The number of hydrogen-bond acceptors (Lipinski definition) is 5. The highest BCUT2D eigenvalue weighted by atomic mass is 32.1. The molecular formula is C16H20N4O2S. The predicted molar refractivity (Wildman–Crippen MR) is 90.3 cm³/mol. The minimum atomic E-state index is -0.262. The van der Waals surface area contributed by atoms with Crippen LogP contribution in [0, 0.1) is 5.92 Å². The molecule has 0 unspecified atom stereocenters. The molecule has 0 spiro atoms. The minimum absolute atomic E-state index is 0.0338. The molecule has 2 amide bonds. The largest absolute Gasteiger partial charge is 0.396 e. The van der Waals surface area contributed by atoms with E-state index in [1.54, 1.807) is 12.4 Å². The number of nitrogens with zero attached hydrogens (tertiary/aromatic N) is 2. The number of aliphatic hydroxyl groups is 1. The fourth-order valence-electron chi connectivity index (χ4n) is 2.90. The summed E-state index contributed by atoms with van der Waals surface area (Å²) in [6.07, 6.45) is 7.54. The number of aliphatic hydroxyl groups excluding tert-OH is 1. The van der Waals surface area contributed by atoms with Crippen molar-refractivity contribution in [2.75, 3.05) is 11.9 Å². The average Bonchev–Trinajstić information content (AvgIpc) is 3.04. The lowest BCUT2D eigenvalue weighted by Crippen LogP contribution is -2.45. The van der Waals surface area contributed by atoms with Crippen LogP contribution in [0.3, 0.4) is 0 Å². The normalized spacial score (nSPS) is 20.9. The second-order valence-electron chi connectivity index (χ2n) is 5.71. The van der Waals surface area contributed by atoms with Crippen LogP contribution in [-0.2, 0) is 0 Å². The van der Waals surface area contributed by atoms with Crippen molar-refractivity contribution in [3.05, 3.63) is 29.9 Å². The molecule has 6 nitrogen and oxygen atoms in total. The molecule has 23 heavy (non-hydrogen) atoms. The molecule has 2 heterocycles. The van der Waals surface area contributed by atoms with Gasteiger partial charge in [0.2, 0.25) is 0 Å². The Balaban J connectivity index is 1.59. The van der Waals surface area contributed by atoms with Gasteiger partial charge in [-0.25, -0.2) is 9.78 Å². The fourth-order valence-corrected chi connectivity index (χ4v) is 3.61. The molecule has 1 aliphatic carbocycles. The molecule has 1 fully saturated rings. The lowest BCUT2D eigenvalue weighted by molar-refractivity contribution is 0.156. The van der Waals surface area contributed by atoms with E-state index in [0.717, 1.165) is 36.9 Å². The maximum absolute atomic E-state index is 12.1. The summed E-state index contributed by atoms with van der Waals surface area (Å²) in [4.78, 5) is 20.6. The van der Waals surface area contributed by atoms with Crippen LogP contribution in [0.5, 0.6) is 0 Å². The molecule has 3 N–H and O–H groups in total. The van der Waals surface area contributed by atoms with E-state index in [4.69, 9.17) is 0 Å². The summed E-state index contributed by atoms with van der Waals surface area (Å²) in [6.45, 7) is 0.118. The third kappa shape index (κ3) is 4.05. The molecule has 0 saturated heterocycles. The van der Waals surface area contributed by atoms with E-state index in [0.29, 0.717) is 5.13 Å². The van der Waals surface area contributed by atoms with E-state index in [-0.39, 0.29) is 24.6 Å². The highest BCUT2D eigenvalue weighted by molar-refractivity contribution is 7.14. The Morgan fingerprint density at radius 2 is 2.26 bits per heavy atom. The van der Waals surface area contributed by atoms with Crippen LogP contribution in [0.15, 0.2) is 29.9 Å². The van der Waals surface area contributed by atoms with Gasteiger partial charge in [-0.1, -0.05) is 12.8 Å². The van der Waals surface area contributed by atoms with Crippen molar-refractivity contribution in [3.63, 3.8) is 0 Å². The maximum atomic E-state index is 12.1. The molecule has 122 valence electrons. The number of hydrogen-bond donors (Lipinski definition) is 3. The standard InChI is InChI=1S/C16H20N4O2S/c21-9-12-4-1-2-6-13(12)18-15(22)20-16-19-14(10-23-16)11-5-3-7-17-8-11/h3,5,7-8,10,12-13,21H,1-2,4,6,9H2,(H2,18,19,20,22)/t12-,13-/m1/s1. The number of carbonyl (C=O) groups is 1. The molecule has 2 atom stereocenters. The summed E-state index contributed by atoms with van der Waals surface area (Å²) in [7, 11) is 0. The van der Waals surface area contributed by atoms with Crippen molar-refractivity contribution in [2.45, 2.75) is 31.7 Å². The zero-order valence-electron chi connectivity index (χ0n) is 12.7. The molecule has 2 aromatic heterocycles. The summed E-state index contributed by atoms with van der Waals surface area (Å²) in [6, 6.07) is 3.56. The van der Waals surface area contributed by atoms with Crippen LogP contribution in [-0.4, -0.2) is 33.8 Å². The van der Waals surface area contributed by atoms with Gasteiger partial charge in [-0.05, 0) is 25.0 Å². The molecular weight excluding hydrogens is 312 g/mol. The number of carbonyl (C=O) groups excluding carboxylic acids is 1. The molecule has 0 aromatic carbocycles. The maximum Gasteiger partial charge on any atom is 0.321 e. The zero-order chi connectivity index (χ0) is 16.1. The van der Waals surface area contributed by atoms with E-state index < -0.39 is 0 Å². The number of anilines is 1. The van der Waals surface area contributed by atoms with Crippen LogP contribution in [0.2, 0.25) is 0 Å². The summed E-state index contributed by atoms with van der Waals surface area (Å²) in [5.41, 5.74) is 1.72. The SMILES string of the molecule is O=C(Nc1nc(-c2cccnc2)cs1)N[C@@H]1CCCC[C@@H]1CO. The van der Waals surface area contributed by atoms with Crippen LogP contribution in [0.1, 0.15) is 25.7 Å². The Kier molecular flexibility index (Phi) is 5.19. The zero-order valence-corrected chi connectivity index (χ0v) is 13.6. The highest BCUT2D eigenvalue weighted by Crippen LogP contribution is 2.25. The van der Waals surface area contributed by atoms with Gasteiger partial charge in [0.05, 0.1) is 5.69 Å². The Hall–Kier alpha value is -1.99. The number of nitrogens with one attached hydrogen (secondary N) is 2. The van der Waals surface area contributed by atoms with Crippen molar-refractivity contribution in [2.24, 2.45) is 5.92 Å². The van der Waals surface area contributed by atoms with Gasteiger partial charge in [0.25, 0.3) is 0 Å². The first kappa shape index (κ1) is 15.9. The number of amides is 2. The van der Waals surface area contributed by atoms with Gasteiger partial charge >= 0.3 is 6.03 Å². The Labute approximate surface area is 139 Å². The highest BCUT2D eigenvalue weighted by Gasteiger charge is 2.26. The van der Waals surface area contributed by atoms with Gasteiger partial charge in [0, 0.05) is 41.9 Å². The van der Waals surface area contributed by atoms with E-state index >= 15 is 0 Å². The average molecular weight is 332 g/mol. The van der Waals surface area contributed by atoms with Gasteiger partial charge in [0.15, 0.2) is 5.13 Å². The number of pyridine rings is 1. The molecule has 2 aromatic rings. The van der Waals surface area contributed by atoms with E-state index in [2.05, 4.69) is 20.6 Å². The van der Waals surface area contributed by atoms with Gasteiger partial charge in [0.1, 0.15) is 0 Å². The molecule has 0 aliphatic heterocycles. The molecule has 1 saturated carbocycles. The van der Waals surface area contributed by atoms with Crippen molar-refractivity contribution in [3.8, 4) is 11.3 Å². The smallest absolute Gasteiger partial charge is 0.321 e. The molecule has 7 heteroatoms. The van der Waals surface area contributed by atoms with E-state index in [1.807, 2.05) is 17.5 Å². The summed E-state index contributed by atoms with van der Waals surface area (Å²) >= 11 is 1.38. The predicted octanol–water partition coefficient (Wildman–Crippen LogP) is 2.88. The lowest BCUT2D eigenvalue weighted by atomic mass is 9.85. The van der Waals surface area contributed by atoms with Crippen LogP contribution in [0.4, 0.5) is 9.93 Å². The molecule has 0 bridgehead atoms. The fraction of sp³-hybridized carbons (Fsp3) is 0.438. The van der Waals surface area contributed by atoms with Crippen LogP contribution >= 0.6 is 11.3 Å². The van der Waals surface area contributed by atoms with E-state index in [9.17, 15) is 9.90 Å². The molecule has 3 rings (SSSR count). The molecule has 0 radical (unpaired) electrons. The first-order valence-corrected chi connectivity index (χ1v) is 8.68. The third-order valence-corrected chi connectivity index (χ3v) is 4.90. The second kappa shape index (κ2) is 7.52. The topological polar surface area (TPSA) is 87.1 Å². The number of rotatable bonds is 4. The van der Waals surface area contributed by atoms with Gasteiger partial charge < -0.3 is 10.4 Å². The van der Waals surface area contributed by atoms with Crippen LogP contribution < -0.4 is 10.6 Å². The first-order valence-electron chi connectivity index (χ1n) is 7.80. The quantitative estimate of drug-likeness (QED) is 0.803. The minimum Gasteiger partial charge on any atom is -0.396 e. The Bertz CT molecular complexity index is 647. The monoisotopic (exact) mass is 332 g/mol. The van der Waals surface area contributed by atoms with Crippen molar-refractivity contribution < 1.29 is 9.90 Å². The van der Waals surface area contributed by atoms with Gasteiger partial charge in [-0.2, -0.15) is 0 Å². The summed E-state index contributed by atoms with van der Waals surface area (Å²) in [5, 5.41) is 17.6.